The van der Waals surface area contributed by atoms with Crippen molar-refractivity contribution in [3.63, 3.8) is 0 Å². The van der Waals surface area contributed by atoms with Gasteiger partial charge in [0.05, 0.1) is 6.04 Å². The fourth-order valence-electron chi connectivity index (χ4n) is 2.18. The minimum atomic E-state index is -0.414. The third-order valence-electron chi connectivity index (χ3n) is 3.56. The average molecular weight is 334 g/mol. The predicted molar refractivity (Wildman–Crippen MR) is 86.7 cm³/mol. The van der Waals surface area contributed by atoms with E-state index in [-0.39, 0.29) is 6.79 Å². The Hall–Kier alpha value is -2.25. The smallest absolute Gasteiger partial charge is 0.234 e. The molecule has 23 heavy (non-hydrogen) atoms. The standard InChI is InChI=1S/C16H18N2O4S/c1-10(16(17)19)18-6-12-2-3-13(15-14(12)21-9-22-15)20-7-11-4-5-23-8-11/h2-5,8,10,18H,6-7,9H2,1H3,(H2,17,19)/t10-/m0/s1. The van der Waals surface area contributed by atoms with Crippen molar-refractivity contribution in [3.05, 3.63) is 40.1 Å². The molecule has 1 amide bonds. The molecule has 3 N–H and O–H groups in total. The van der Waals surface area contributed by atoms with Gasteiger partial charge in [0.25, 0.3) is 0 Å². The van der Waals surface area contributed by atoms with Gasteiger partial charge < -0.3 is 25.3 Å². The largest absolute Gasteiger partial charge is 0.485 e. The molecular formula is C16H18N2O4S. The molecule has 7 heteroatoms. The molecule has 0 fully saturated rings. The van der Waals surface area contributed by atoms with Crippen molar-refractivity contribution in [2.45, 2.75) is 26.1 Å². The summed E-state index contributed by atoms with van der Waals surface area (Å²) in [5.41, 5.74) is 7.26. The average Bonchev–Trinajstić information content (AvgIpc) is 3.22. The van der Waals surface area contributed by atoms with Crippen molar-refractivity contribution in [3.8, 4) is 17.2 Å². The highest BCUT2D eigenvalue weighted by Crippen LogP contribution is 2.43. The number of benzene rings is 1. The Bertz CT molecular complexity index is 688. The van der Waals surface area contributed by atoms with Crippen LogP contribution >= 0.6 is 11.3 Å². The van der Waals surface area contributed by atoms with Crippen molar-refractivity contribution in [1.29, 1.82) is 0 Å². The molecule has 1 aliphatic rings. The third kappa shape index (κ3) is 3.57. The summed E-state index contributed by atoms with van der Waals surface area (Å²) in [4.78, 5) is 11.1. The van der Waals surface area contributed by atoms with Crippen LogP contribution in [0.3, 0.4) is 0 Å². The first kappa shape index (κ1) is 15.6. The molecule has 122 valence electrons. The van der Waals surface area contributed by atoms with Gasteiger partial charge in [-0.25, -0.2) is 0 Å². The monoisotopic (exact) mass is 334 g/mol. The van der Waals surface area contributed by atoms with Crippen LogP contribution in [0.1, 0.15) is 18.1 Å². The van der Waals surface area contributed by atoms with Gasteiger partial charge in [-0.2, -0.15) is 11.3 Å². The lowest BCUT2D eigenvalue weighted by molar-refractivity contribution is -0.119. The van der Waals surface area contributed by atoms with Gasteiger partial charge in [0.1, 0.15) is 6.61 Å². The van der Waals surface area contributed by atoms with E-state index in [1.807, 2.05) is 29.0 Å². The lowest BCUT2D eigenvalue weighted by Crippen LogP contribution is -2.38. The second-order valence-corrected chi connectivity index (χ2v) is 5.99. The number of fused-ring (bicyclic) bond motifs is 1. The second kappa shape index (κ2) is 6.89. The molecule has 1 aliphatic heterocycles. The number of hydrogen-bond acceptors (Lipinski definition) is 6. The first-order valence-electron chi connectivity index (χ1n) is 7.23. The first-order valence-corrected chi connectivity index (χ1v) is 8.17. The maximum Gasteiger partial charge on any atom is 0.234 e. The Balaban J connectivity index is 1.71. The van der Waals surface area contributed by atoms with Crippen LogP contribution in [-0.4, -0.2) is 18.7 Å². The number of carbonyl (C=O) groups is 1. The van der Waals surface area contributed by atoms with Gasteiger partial charge in [-0.15, -0.1) is 0 Å². The topological polar surface area (TPSA) is 82.8 Å². The Labute approximate surface area is 138 Å². The summed E-state index contributed by atoms with van der Waals surface area (Å²) in [5, 5.41) is 7.11. The quantitative estimate of drug-likeness (QED) is 0.809. The number of nitrogens with two attached hydrogens (primary N) is 1. The van der Waals surface area contributed by atoms with Crippen LogP contribution < -0.4 is 25.3 Å². The second-order valence-electron chi connectivity index (χ2n) is 5.21. The van der Waals surface area contributed by atoms with Gasteiger partial charge in [0.15, 0.2) is 11.5 Å². The van der Waals surface area contributed by atoms with Gasteiger partial charge in [0, 0.05) is 12.1 Å². The molecule has 0 aliphatic carbocycles. The maximum atomic E-state index is 11.1. The van der Waals surface area contributed by atoms with Crippen LogP contribution in [0.25, 0.3) is 0 Å². The number of amides is 1. The zero-order valence-corrected chi connectivity index (χ0v) is 13.5. The van der Waals surface area contributed by atoms with E-state index >= 15 is 0 Å². The van der Waals surface area contributed by atoms with E-state index < -0.39 is 11.9 Å². The molecule has 0 spiro atoms. The van der Waals surface area contributed by atoms with E-state index in [0.717, 1.165) is 11.1 Å². The van der Waals surface area contributed by atoms with Crippen LogP contribution in [-0.2, 0) is 17.9 Å². The number of rotatable bonds is 7. The number of ether oxygens (including phenoxy) is 3. The zero-order valence-electron chi connectivity index (χ0n) is 12.7. The van der Waals surface area contributed by atoms with Gasteiger partial charge in [-0.05, 0) is 35.4 Å². The van der Waals surface area contributed by atoms with Crippen LogP contribution in [0.15, 0.2) is 29.0 Å². The Morgan fingerprint density at radius 2 is 2.22 bits per heavy atom. The molecule has 0 radical (unpaired) electrons. The molecule has 0 unspecified atom stereocenters. The number of primary amides is 1. The summed E-state index contributed by atoms with van der Waals surface area (Å²) < 4.78 is 16.9. The van der Waals surface area contributed by atoms with Gasteiger partial charge in [-0.1, -0.05) is 6.07 Å². The zero-order chi connectivity index (χ0) is 16.2. The van der Waals surface area contributed by atoms with Gasteiger partial charge in [0.2, 0.25) is 18.4 Å². The maximum absolute atomic E-state index is 11.1. The molecule has 0 saturated carbocycles. The highest BCUT2D eigenvalue weighted by atomic mass is 32.1. The van der Waals surface area contributed by atoms with Crippen molar-refractivity contribution in [1.82, 2.24) is 5.32 Å². The number of thiophene rings is 1. The SMILES string of the molecule is C[C@H](NCc1ccc(OCc2ccsc2)c2c1OCO2)C(N)=O. The number of hydrogen-bond donors (Lipinski definition) is 2. The van der Waals surface area contributed by atoms with Crippen molar-refractivity contribution < 1.29 is 19.0 Å². The summed E-state index contributed by atoms with van der Waals surface area (Å²) in [6.45, 7) is 2.82. The number of carbonyl (C=O) groups excluding carboxylic acids is 1. The van der Waals surface area contributed by atoms with E-state index in [1.165, 1.54) is 0 Å². The molecule has 1 aromatic heterocycles. The Kier molecular flexibility index (Phi) is 4.68. The van der Waals surface area contributed by atoms with Crippen molar-refractivity contribution >= 4 is 17.2 Å². The molecule has 0 saturated heterocycles. The molecule has 3 rings (SSSR count). The molecule has 0 bridgehead atoms. The highest BCUT2D eigenvalue weighted by Gasteiger charge is 2.23. The first-order chi connectivity index (χ1) is 11.1. The lowest BCUT2D eigenvalue weighted by atomic mass is 10.1. The predicted octanol–water partition coefficient (Wildman–Crippen LogP) is 2.02. The fourth-order valence-corrected chi connectivity index (χ4v) is 2.83. The molecule has 2 heterocycles. The molecule has 1 aromatic carbocycles. The lowest BCUT2D eigenvalue weighted by Gasteiger charge is -2.13. The van der Waals surface area contributed by atoms with E-state index in [0.29, 0.717) is 30.4 Å². The third-order valence-corrected chi connectivity index (χ3v) is 4.30. The Morgan fingerprint density at radius 1 is 1.39 bits per heavy atom. The molecule has 6 nitrogen and oxygen atoms in total. The van der Waals surface area contributed by atoms with E-state index in [9.17, 15) is 4.79 Å². The molecule has 1 atom stereocenters. The number of nitrogens with one attached hydrogen (secondary N) is 1. The van der Waals surface area contributed by atoms with Crippen LogP contribution in [0.4, 0.5) is 0 Å². The van der Waals surface area contributed by atoms with Crippen molar-refractivity contribution in [2.75, 3.05) is 6.79 Å². The minimum Gasteiger partial charge on any atom is -0.485 e. The summed E-state index contributed by atoms with van der Waals surface area (Å²) in [6, 6.07) is 5.36. The summed E-state index contributed by atoms with van der Waals surface area (Å²) in [6.07, 6.45) is 0. The van der Waals surface area contributed by atoms with Gasteiger partial charge in [-0.3, -0.25) is 4.79 Å². The fraction of sp³-hybridized carbons (Fsp3) is 0.312. The summed E-state index contributed by atoms with van der Waals surface area (Å²) >= 11 is 1.63. The van der Waals surface area contributed by atoms with Gasteiger partial charge >= 0.3 is 0 Å². The van der Waals surface area contributed by atoms with E-state index in [4.69, 9.17) is 19.9 Å². The van der Waals surface area contributed by atoms with E-state index in [2.05, 4.69) is 5.32 Å². The summed E-state index contributed by atoms with van der Waals surface area (Å²) in [5.74, 6) is 1.51. The van der Waals surface area contributed by atoms with Crippen LogP contribution in [0.5, 0.6) is 17.2 Å². The Morgan fingerprint density at radius 3 is 2.96 bits per heavy atom. The summed E-state index contributed by atoms with van der Waals surface area (Å²) in [7, 11) is 0. The highest BCUT2D eigenvalue weighted by molar-refractivity contribution is 7.07. The molecule has 2 aromatic rings. The van der Waals surface area contributed by atoms with Crippen LogP contribution in [0, 0.1) is 0 Å². The molecular weight excluding hydrogens is 316 g/mol. The minimum absolute atomic E-state index is 0.159. The van der Waals surface area contributed by atoms with E-state index in [1.54, 1.807) is 18.3 Å². The van der Waals surface area contributed by atoms with Crippen LogP contribution in [0.2, 0.25) is 0 Å². The normalized spacial score (nSPS) is 13.8. The van der Waals surface area contributed by atoms with Crippen molar-refractivity contribution in [2.24, 2.45) is 5.73 Å².